The van der Waals surface area contributed by atoms with Crippen LogP contribution in [0.15, 0.2) is 30.9 Å². The molecule has 0 radical (unpaired) electrons. The molecule has 2 aromatic rings. The van der Waals surface area contributed by atoms with Gasteiger partial charge in [-0.3, -0.25) is 0 Å². The van der Waals surface area contributed by atoms with Crippen molar-refractivity contribution in [3.8, 4) is 17.5 Å². The summed E-state index contributed by atoms with van der Waals surface area (Å²) in [4.78, 5) is 11.5. The average molecular weight is 245 g/mol. The lowest BCUT2D eigenvalue weighted by Crippen LogP contribution is -2.11. The number of phenols is 1. The molecule has 0 aliphatic rings. The van der Waals surface area contributed by atoms with Crippen molar-refractivity contribution in [2.24, 2.45) is 0 Å². The molecule has 0 saturated carbocycles. The Kier molecular flexibility index (Phi) is 3.14. The normalized spacial score (nSPS) is 11.3. The summed E-state index contributed by atoms with van der Waals surface area (Å²) in [6.07, 6.45) is 2.74. The molecule has 1 aromatic carbocycles. The second-order valence-electron chi connectivity index (χ2n) is 4.95. The second kappa shape index (κ2) is 4.60. The van der Waals surface area contributed by atoms with E-state index in [2.05, 4.69) is 15.0 Å². The van der Waals surface area contributed by atoms with Crippen LogP contribution in [-0.4, -0.2) is 20.1 Å². The highest BCUT2D eigenvalue weighted by molar-refractivity contribution is 5.43. The number of nitrogens with zero attached hydrogens (tertiary/aromatic N) is 3. The Bertz CT molecular complexity index is 536. The molecule has 94 valence electrons. The first-order chi connectivity index (χ1) is 8.47. The van der Waals surface area contributed by atoms with Gasteiger partial charge in [0, 0.05) is 5.56 Å². The van der Waals surface area contributed by atoms with Crippen molar-refractivity contribution in [1.29, 1.82) is 0 Å². The van der Waals surface area contributed by atoms with Gasteiger partial charge in [0.1, 0.15) is 24.2 Å². The second-order valence-corrected chi connectivity index (χ2v) is 4.95. The first-order valence-corrected chi connectivity index (χ1v) is 5.60. The van der Waals surface area contributed by atoms with E-state index >= 15 is 0 Å². The van der Waals surface area contributed by atoms with Crippen LogP contribution in [0.3, 0.4) is 0 Å². The molecule has 18 heavy (non-hydrogen) atoms. The highest BCUT2D eigenvalue weighted by Crippen LogP contribution is 2.34. The lowest BCUT2D eigenvalue weighted by atomic mass is 9.86. The zero-order chi connectivity index (χ0) is 13.2. The third kappa shape index (κ3) is 2.74. The predicted molar refractivity (Wildman–Crippen MR) is 66.7 cm³/mol. The number of hydrogen-bond donors (Lipinski definition) is 1. The maximum atomic E-state index is 9.84. The smallest absolute Gasteiger partial charge is 0.324 e. The van der Waals surface area contributed by atoms with Crippen molar-refractivity contribution in [3.63, 3.8) is 0 Å². The highest BCUT2D eigenvalue weighted by atomic mass is 16.5. The summed E-state index contributed by atoms with van der Waals surface area (Å²) in [6.45, 7) is 6.07. The van der Waals surface area contributed by atoms with E-state index in [1.165, 1.54) is 12.7 Å². The van der Waals surface area contributed by atoms with Crippen LogP contribution in [0.1, 0.15) is 26.3 Å². The van der Waals surface area contributed by atoms with Crippen LogP contribution in [-0.2, 0) is 5.41 Å². The number of rotatable bonds is 2. The lowest BCUT2D eigenvalue weighted by molar-refractivity contribution is 0.423. The van der Waals surface area contributed by atoms with Crippen molar-refractivity contribution in [2.45, 2.75) is 26.2 Å². The molecule has 0 fully saturated rings. The number of hydrogen-bond acceptors (Lipinski definition) is 5. The maximum Gasteiger partial charge on any atom is 0.324 e. The zero-order valence-electron chi connectivity index (χ0n) is 10.6. The van der Waals surface area contributed by atoms with E-state index in [-0.39, 0.29) is 17.2 Å². The summed E-state index contributed by atoms with van der Waals surface area (Å²) < 4.78 is 5.50. The predicted octanol–water partition coefficient (Wildman–Crippen LogP) is 2.67. The Labute approximate surface area is 106 Å². The SMILES string of the molecule is CC(C)(C)c1cc(Oc2ncncn2)ccc1O. The van der Waals surface area contributed by atoms with Gasteiger partial charge in [0.2, 0.25) is 0 Å². The Balaban J connectivity index is 2.31. The molecule has 0 bridgehead atoms. The van der Waals surface area contributed by atoms with E-state index in [4.69, 9.17) is 4.74 Å². The summed E-state index contributed by atoms with van der Waals surface area (Å²) in [5.74, 6) is 0.842. The fourth-order valence-electron chi connectivity index (χ4n) is 1.57. The van der Waals surface area contributed by atoms with E-state index in [0.717, 1.165) is 5.56 Å². The molecule has 0 aliphatic carbocycles. The Morgan fingerprint density at radius 2 is 1.78 bits per heavy atom. The molecule has 0 unspecified atom stereocenters. The number of phenolic OH excluding ortho intramolecular Hbond substituents is 1. The molecule has 5 nitrogen and oxygen atoms in total. The van der Waals surface area contributed by atoms with E-state index in [1.807, 2.05) is 20.8 Å². The van der Waals surface area contributed by atoms with Gasteiger partial charge in [0.05, 0.1) is 0 Å². The lowest BCUT2D eigenvalue weighted by Gasteiger charge is -2.20. The molecule has 0 aliphatic heterocycles. The monoisotopic (exact) mass is 245 g/mol. The van der Waals surface area contributed by atoms with Crippen LogP contribution >= 0.6 is 0 Å². The van der Waals surface area contributed by atoms with E-state index in [0.29, 0.717) is 5.75 Å². The van der Waals surface area contributed by atoms with Crippen LogP contribution in [0, 0.1) is 0 Å². The van der Waals surface area contributed by atoms with E-state index < -0.39 is 0 Å². The van der Waals surface area contributed by atoms with Gasteiger partial charge in [-0.1, -0.05) is 20.8 Å². The van der Waals surface area contributed by atoms with Gasteiger partial charge < -0.3 is 9.84 Å². The largest absolute Gasteiger partial charge is 0.508 e. The molecule has 0 amide bonds. The average Bonchev–Trinajstić information content (AvgIpc) is 2.31. The van der Waals surface area contributed by atoms with Gasteiger partial charge in [-0.05, 0) is 23.6 Å². The minimum absolute atomic E-state index is 0.164. The zero-order valence-corrected chi connectivity index (χ0v) is 10.6. The first kappa shape index (κ1) is 12.3. The standard InChI is InChI=1S/C13H15N3O2/c1-13(2,3)10-6-9(4-5-11(10)17)18-12-15-7-14-8-16-12/h4-8,17H,1-3H3. The van der Waals surface area contributed by atoms with Crippen molar-refractivity contribution in [1.82, 2.24) is 15.0 Å². The number of benzene rings is 1. The van der Waals surface area contributed by atoms with Crippen LogP contribution in [0.5, 0.6) is 17.5 Å². The summed E-state index contributed by atoms with van der Waals surface area (Å²) in [7, 11) is 0. The van der Waals surface area contributed by atoms with Crippen LogP contribution in [0.2, 0.25) is 0 Å². The molecule has 0 spiro atoms. The van der Waals surface area contributed by atoms with Crippen molar-refractivity contribution in [2.75, 3.05) is 0 Å². The molecule has 2 rings (SSSR count). The van der Waals surface area contributed by atoms with Crippen LogP contribution in [0.25, 0.3) is 0 Å². The number of aromatic hydroxyl groups is 1. The van der Waals surface area contributed by atoms with Gasteiger partial charge in [0.15, 0.2) is 0 Å². The Hall–Kier alpha value is -2.17. The summed E-state index contributed by atoms with van der Waals surface area (Å²) in [5.41, 5.74) is 0.650. The third-order valence-electron chi connectivity index (χ3n) is 2.45. The molecule has 1 N–H and O–H groups in total. The fourth-order valence-corrected chi connectivity index (χ4v) is 1.57. The quantitative estimate of drug-likeness (QED) is 0.880. The van der Waals surface area contributed by atoms with E-state index in [1.54, 1.807) is 18.2 Å². The molecular weight excluding hydrogens is 230 g/mol. The van der Waals surface area contributed by atoms with Gasteiger partial charge >= 0.3 is 6.01 Å². The molecule has 0 atom stereocenters. The van der Waals surface area contributed by atoms with Crippen molar-refractivity contribution >= 4 is 0 Å². The fraction of sp³-hybridized carbons (Fsp3) is 0.308. The minimum atomic E-state index is -0.164. The van der Waals surface area contributed by atoms with Gasteiger partial charge in [0.25, 0.3) is 0 Å². The van der Waals surface area contributed by atoms with Gasteiger partial charge in [-0.2, -0.15) is 9.97 Å². The molecule has 5 heteroatoms. The molecular formula is C13H15N3O2. The maximum absolute atomic E-state index is 9.84. The van der Waals surface area contributed by atoms with Gasteiger partial charge in [-0.15, -0.1) is 0 Å². The van der Waals surface area contributed by atoms with Crippen molar-refractivity contribution < 1.29 is 9.84 Å². The van der Waals surface area contributed by atoms with Crippen LogP contribution < -0.4 is 4.74 Å². The van der Waals surface area contributed by atoms with Crippen LogP contribution in [0.4, 0.5) is 0 Å². The molecule has 1 heterocycles. The topological polar surface area (TPSA) is 68.1 Å². The Morgan fingerprint density at radius 3 is 2.39 bits per heavy atom. The summed E-state index contributed by atoms with van der Waals surface area (Å²) in [6, 6.07) is 5.31. The first-order valence-electron chi connectivity index (χ1n) is 5.60. The number of aromatic nitrogens is 3. The molecule has 1 aromatic heterocycles. The highest BCUT2D eigenvalue weighted by Gasteiger charge is 2.19. The minimum Gasteiger partial charge on any atom is -0.508 e. The van der Waals surface area contributed by atoms with E-state index in [9.17, 15) is 5.11 Å². The summed E-state index contributed by atoms with van der Waals surface area (Å²) >= 11 is 0. The number of ether oxygens (including phenoxy) is 1. The van der Waals surface area contributed by atoms with Crippen molar-refractivity contribution in [3.05, 3.63) is 36.4 Å². The Morgan fingerprint density at radius 1 is 1.11 bits per heavy atom. The third-order valence-corrected chi connectivity index (χ3v) is 2.45. The summed E-state index contributed by atoms with van der Waals surface area (Å²) in [5, 5.41) is 9.84. The molecule has 0 saturated heterocycles. The van der Waals surface area contributed by atoms with Gasteiger partial charge in [-0.25, -0.2) is 4.98 Å².